The van der Waals surface area contributed by atoms with E-state index in [1.54, 1.807) is 6.92 Å². The van der Waals surface area contributed by atoms with Gasteiger partial charge in [-0.05, 0) is 0 Å². The van der Waals surface area contributed by atoms with Crippen molar-refractivity contribution in [3.63, 3.8) is 0 Å². The number of carbonyl (C=O) groups is 1. The highest BCUT2D eigenvalue weighted by Gasteiger charge is 2.50. The Bertz CT molecular complexity index is 278. The molecule has 0 aromatic carbocycles. The molecule has 4 heteroatoms. The first-order valence-electron chi connectivity index (χ1n) is 4.66. The van der Waals surface area contributed by atoms with E-state index in [1.165, 1.54) is 6.92 Å². The largest absolute Gasteiger partial charge is 0.437 e. The van der Waals surface area contributed by atoms with Gasteiger partial charge in [0, 0.05) is 19.3 Å². The zero-order valence-corrected chi connectivity index (χ0v) is 9.38. The molecule has 0 aliphatic carbocycles. The van der Waals surface area contributed by atoms with Crippen molar-refractivity contribution < 1.29 is 14.3 Å². The molecule has 4 nitrogen and oxygen atoms in total. The highest BCUT2D eigenvalue weighted by atomic mass is 16.7. The molecule has 1 unspecified atom stereocenters. The van der Waals surface area contributed by atoms with Gasteiger partial charge in [0.05, 0.1) is 0 Å². The zero-order valence-electron chi connectivity index (χ0n) is 9.38. The van der Waals surface area contributed by atoms with Gasteiger partial charge in [-0.1, -0.05) is 20.8 Å². The molecule has 0 amide bonds. The average Bonchev–Trinajstić information content (AvgIpc) is 2.29. The van der Waals surface area contributed by atoms with Crippen molar-refractivity contribution in [2.45, 2.75) is 40.4 Å². The molecule has 0 saturated heterocycles. The van der Waals surface area contributed by atoms with E-state index in [1.807, 2.05) is 20.8 Å². The van der Waals surface area contributed by atoms with Crippen LogP contribution in [0.5, 0.6) is 0 Å². The van der Waals surface area contributed by atoms with Crippen molar-refractivity contribution in [2.24, 2.45) is 10.4 Å². The SMILES string of the molecule is CC(=O)OC1(C(C)(C)C)CN=C(C)O1. The highest BCUT2D eigenvalue weighted by molar-refractivity contribution is 5.76. The van der Waals surface area contributed by atoms with Crippen LogP contribution in [0.2, 0.25) is 0 Å². The van der Waals surface area contributed by atoms with Crippen LogP contribution in [0, 0.1) is 5.41 Å². The van der Waals surface area contributed by atoms with Crippen LogP contribution in [0.15, 0.2) is 4.99 Å². The molecule has 0 radical (unpaired) electrons. The Morgan fingerprint density at radius 3 is 2.43 bits per heavy atom. The average molecular weight is 199 g/mol. The van der Waals surface area contributed by atoms with E-state index < -0.39 is 5.79 Å². The maximum absolute atomic E-state index is 11.0. The Morgan fingerprint density at radius 2 is 2.14 bits per heavy atom. The Balaban J connectivity index is 2.89. The van der Waals surface area contributed by atoms with Crippen molar-refractivity contribution in [1.82, 2.24) is 0 Å². The minimum absolute atomic E-state index is 0.292. The molecule has 0 aromatic heterocycles. The van der Waals surface area contributed by atoms with Gasteiger partial charge in [-0.15, -0.1) is 0 Å². The molecule has 80 valence electrons. The van der Waals surface area contributed by atoms with Crippen LogP contribution in [0.3, 0.4) is 0 Å². The van der Waals surface area contributed by atoms with Crippen molar-refractivity contribution in [1.29, 1.82) is 0 Å². The summed E-state index contributed by atoms with van der Waals surface area (Å²) in [6.45, 7) is 9.40. The third-order valence-corrected chi connectivity index (χ3v) is 2.27. The van der Waals surface area contributed by atoms with Gasteiger partial charge in [0.15, 0.2) is 5.90 Å². The zero-order chi connectivity index (χ0) is 11.0. The van der Waals surface area contributed by atoms with Crippen molar-refractivity contribution in [3.8, 4) is 0 Å². The Labute approximate surface area is 84.3 Å². The number of ether oxygens (including phenoxy) is 2. The van der Waals surface area contributed by atoms with Crippen molar-refractivity contribution in [3.05, 3.63) is 0 Å². The summed E-state index contributed by atoms with van der Waals surface area (Å²) in [6.07, 6.45) is 0. The third-order valence-electron chi connectivity index (χ3n) is 2.27. The van der Waals surface area contributed by atoms with Gasteiger partial charge in [0.1, 0.15) is 6.54 Å². The fourth-order valence-electron chi connectivity index (χ4n) is 1.35. The van der Waals surface area contributed by atoms with E-state index in [-0.39, 0.29) is 11.4 Å². The molecular weight excluding hydrogens is 182 g/mol. The number of aliphatic imine (C=N–C) groups is 1. The van der Waals surface area contributed by atoms with Crippen LogP contribution in [0.4, 0.5) is 0 Å². The highest BCUT2D eigenvalue weighted by Crippen LogP contribution is 2.38. The first-order valence-corrected chi connectivity index (χ1v) is 4.66. The Morgan fingerprint density at radius 1 is 1.57 bits per heavy atom. The molecule has 0 N–H and O–H groups in total. The van der Waals surface area contributed by atoms with Crippen molar-refractivity contribution >= 4 is 11.9 Å². The molecule has 0 spiro atoms. The summed E-state index contributed by atoms with van der Waals surface area (Å²) in [7, 11) is 0. The van der Waals surface area contributed by atoms with Crippen LogP contribution in [-0.4, -0.2) is 24.2 Å². The normalized spacial score (nSPS) is 26.8. The lowest BCUT2D eigenvalue weighted by atomic mass is 9.85. The summed E-state index contributed by atoms with van der Waals surface area (Å²) in [4.78, 5) is 15.1. The first kappa shape index (κ1) is 11.0. The van der Waals surface area contributed by atoms with E-state index in [0.29, 0.717) is 12.4 Å². The Hall–Kier alpha value is -1.06. The second-order valence-electron chi connectivity index (χ2n) is 4.53. The lowest BCUT2D eigenvalue weighted by molar-refractivity contribution is -0.227. The van der Waals surface area contributed by atoms with Gasteiger partial charge in [-0.3, -0.25) is 4.79 Å². The molecule has 1 aliphatic rings. The standard InChI is InChI=1S/C10H17NO3/c1-7-11-6-10(13-7,9(3,4)5)14-8(2)12/h6H2,1-5H3. The van der Waals surface area contributed by atoms with E-state index in [0.717, 1.165) is 0 Å². The van der Waals surface area contributed by atoms with Crippen LogP contribution in [-0.2, 0) is 14.3 Å². The monoisotopic (exact) mass is 199 g/mol. The number of hydrogen-bond donors (Lipinski definition) is 0. The van der Waals surface area contributed by atoms with E-state index in [4.69, 9.17) is 9.47 Å². The second-order valence-corrected chi connectivity index (χ2v) is 4.53. The summed E-state index contributed by atoms with van der Waals surface area (Å²) >= 11 is 0. The minimum Gasteiger partial charge on any atom is -0.437 e. The summed E-state index contributed by atoms with van der Waals surface area (Å²) < 4.78 is 10.8. The van der Waals surface area contributed by atoms with Gasteiger partial charge >= 0.3 is 5.97 Å². The number of esters is 1. The van der Waals surface area contributed by atoms with Crippen LogP contribution in [0.25, 0.3) is 0 Å². The van der Waals surface area contributed by atoms with E-state index in [9.17, 15) is 4.79 Å². The summed E-state index contributed by atoms with van der Waals surface area (Å²) in [5, 5.41) is 0. The van der Waals surface area contributed by atoms with Gasteiger partial charge in [0.25, 0.3) is 5.79 Å². The molecule has 1 aliphatic heterocycles. The fourth-order valence-corrected chi connectivity index (χ4v) is 1.35. The summed E-state index contributed by atoms with van der Waals surface area (Å²) in [6, 6.07) is 0. The molecule has 0 bridgehead atoms. The van der Waals surface area contributed by atoms with Crippen LogP contribution < -0.4 is 0 Å². The predicted octanol–water partition coefficient (Wildman–Crippen LogP) is 1.74. The first-order chi connectivity index (χ1) is 6.27. The fraction of sp³-hybridized carbons (Fsp3) is 0.800. The third kappa shape index (κ3) is 1.89. The van der Waals surface area contributed by atoms with E-state index >= 15 is 0 Å². The summed E-state index contributed by atoms with van der Waals surface area (Å²) in [5.74, 6) is -0.700. The van der Waals surface area contributed by atoms with Gasteiger partial charge < -0.3 is 9.47 Å². The molecule has 1 rings (SSSR count). The Kier molecular flexibility index (Phi) is 2.56. The quantitative estimate of drug-likeness (QED) is 0.604. The maximum Gasteiger partial charge on any atom is 0.305 e. The van der Waals surface area contributed by atoms with Crippen LogP contribution in [0.1, 0.15) is 34.6 Å². The molecular formula is C10H17NO3. The number of rotatable bonds is 1. The second kappa shape index (κ2) is 3.26. The maximum atomic E-state index is 11.0. The van der Waals surface area contributed by atoms with E-state index in [2.05, 4.69) is 4.99 Å². The molecule has 0 fully saturated rings. The number of nitrogens with zero attached hydrogens (tertiary/aromatic N) is 1. The van der Waals surface area contributed by atoms with Gasteiger partial charge in [0.2, 0.25) is 0 Å². The number of carbonyl (C=O) groups excluding carboxylic acids is 1. The molecule has 1 atom stereocenters. The number of hydrogen-bond acceptors (Lipinski definition) is 4. The predicted molar refractivity (Wildman–Crippen MR) is 53.0 cm³/mol. The molecule has 0 aromatic rings. The van der Waals surface area contributed by atoms with Gasteiger partial charge in [-0.25, -0.2) is 4.99 Å². The molecule has 14 heavy (non-hydrogen) atoms. The minimum atomic E-state index is -0.928. The van der Waals surface area contributed by atoms with Crippen LogP contribution >= 0.6 is 0 Å². The van der Waals surface area contributed by atoms with Crippen molar-refractivity contribution in [2.75, 3.05) is 6.54 Å². The topological polar surface area (TPSA) is 47.9 Å². The lowest BCUT2D eigenvalue weighted by Crippen LogP contribution is -2.49. The smallest absolute Gasteiger partial charge is 0.305 e. The summed E-state index contributed by atoms with van der Waals surface area (Å²) in [5.41, 5.74) is -0.292. The molecule has 0 saturated carbocycles. The lowest BCUT2D eigenvalue weighted by Gasteiger charge is -2.38. The molecule has 1 heterocycles. The van der Waals surface area contributed by atoms with Gasteiger partial charge in [-0.2, -0.15) is 0 Å².